The number of nitrogens with two attached hydrogens (primary N) is 1. The lowest BCUT2D eigenvalue weighted by molar-refractivity contribution is -0.137. The molecule has 96 valence electrons. The van der Waals surface area contributed by atoms with E-state index in [0.717, 1.165) is 0 Å². The molecule has 0 aliphatic carbocycles. The predicted octanol–water partition coefficient (Wildman–Crippen LogP) is 3.31. The summed E-state index contributed by atoms with van der Waals surface area (Å²) in [7, 11) is 1.61. The molecule has 1 aromatic carbocycles. The van der Waals surface area contributed by atoms with Crippen LogP contribution in [0.3, 0.4) is 0 Å². The van der Waals surface area contributed by atoms with Gasteiger partial charge in [-0.2, -0.15) is 13.2 Å². The van der Waals surface area contributed by atoms with Crippen molar-refractivity contribution in [1.29, 1.82) is 0 Å². The van der Waals surface area contributed by atoms with Gasteiger partial charge in [-0.25, -0.2) is 0 Å². The average Bonchev–Trinajstić information content (AvgIpc) is 2.20. The fourth-order valence-corrected chi connectivity index (χ4v) is 1.65. The zero-order valence-electron chi connectivity index (χ0n) is 9.39. The number of benzene rings is 1. The summed E-state index contributed by atoms with van der Waals surface area (Å²) >= 11 is 5.93. The van der Waals surface area contributed by atoms with Gasteiger partial charge in [0.05, 0.1) is 6.42 Å². The number of alkyl halides is 3. The van der Waals surface area contributed by atoms with E-state index in [1.54, 1.807) is 30.1 Å². The number of hydrogen-bond donors (Lipinski definition) is 1. The second kappa shape index (κ2) is 5.60. The molecule has 0 aliphatic heterocycles. The SMILES string of the molecule is CN(CCC(F)(F)F)Cc1c(N)cccc1Cl. The summed E-state index contributed by atoms with van der Waals surface area (Å²) < 4.78 is 36.1. The van der Waals surface area contributed by atoms with E-state index in [1.807, 2.05) is 0 Å². The molecule has 2 nitrogen and oxygen atoms in total. The Kier molecular flexibility index (Phi) is 4.65. The molecular weight excluding hydrogens is 253 g/mol. The molecule has 0 fully saturated rings. The van der Waals surface area contributed by atoms with Crippen molar-refractivity contribution in [3.8, 4) is 0 Å². The van der Waals surface area contributed by atoms with Crippen LogP contribution in [0.1, 0.15) is 12.0 Å². The van der Waals surface area contributed by atoms with Crippen molar-refractivity contribution < 1.29 is 13.2 Å². The molecular formula is C11H14ClF3N2. The lowest BCUT2D eigenvalue weighted by Crippen LogP contribution is -2.24. The maximum absolute atomic E-state index is 12.0. The summed E-state index contributed by atoms with van der Waals surface area (Å²) in [5, 5.41) is 0.476. The highest BCUT2D eigenvalue weighted by Gasteiger charge is 2.27. The monoisotopic (exact) mass is 266 g/mol. The van der Waals surface area contributed by atoms with Crippen molar-refractivity contribution in [2.75, 3.05) is 19.3 Å². The second-order valence-corrected chi connectivity index (χ2v) is 4.32. The molecule has 0 unspecified atom stereocenters. The Hall–Kier alpha value is -0.940. The fourth-order valence-electron chi connectivity index (χ4n) is 1.41. The zero-order valence-corrected chi connectivity index (χ0v) is 10.1. The molecule has 0 saturated carbocycles. The van der Waals surface area contributed by atoms with Crippen molar-refractivity contribution >= 4 is 17.3 Å². The molecule has 1 rings (SSSR count). The van der Waals surface area contributed by atoms with Crippen LogP contribution < -0.4 is 5.73 Å². The maximum Gasteiger partial charge on any atom is 0.390 e. The van der Waals surface area contributed by atoms with Gasteiger partial charge in [0.1, 0.15) is 0 Å². The van der Waals surface area contributed by atoms with Crippen LogP contribution in [-0.2, 0) is 6.54 Å². The summed E-state index contributed by atoms with van der Waals surface area (Å²) in [6.45, 7) is 0.232. The van der Waals surface area contributed by atoms with Crippen LogP contribution in [0, 0.1) is 0 Å². The number of anilines is 1. The third kappa shape index (κ3) is 4.83. The van der Waals surface area contributed by atoms with Gasteiger partial charge >= 0.3 is 6.18 Å². The van der Waals surface area contributed by atoms with Gasteiger partial charge in [-0.15, -0.1) is 0 Å². The largest absolute Gasteiger partial charge is 0.398 e. The van der Waals surface area contributed by atoms with Gasteiger partial charge < -0.3 is 10.6 Å². The summed E-state index contributed by atoms with van der Waals surface area (Å²) in [5.41, 5.74) is 6.88. The lowest BCUT2D eigenvalue weighted by atomic mass is 10.1. The average molecular weight is 267 g/mol. The Morgan fingerprint density at radius 1 is 1.35 bits per heavy atom. The van der Waals surface area contributed by atoms with E-state index in [0.29, 0.717) is 22.8 Å². The highest BCUT2D eigenvalue weighted by Crippen LogP contribution is 2.24. The predicted molar refractivity (Wildman–Crippen MR) is 62.9 cm³/mol. The first-order chi connectivity index (χ1) is 7.79. The Bertz CT molecular complexity index is 359. The lowest BCUT2D eigenvalue weighted by Gasteiger charge is -2.19. The van der Waals surface area contributed by atoms with Crippen LogP contribution in [0.4, 0.5) is 18.9 Å². The second-order valence-electron chi connectivity index (χ2n) is 3.91. The Labute approximate surface area is 103 Å². The first-order valence-corrected chi connectivity index (χ1v) is 5.45. The number of hydrogen-bond acceptors (Lipinski definition) is 2. The van der Waals surface area contributed by atoms with E-state index in [4.69, 9.17) is 17.3 Å². The number of rotatable bonds is 4. The quantitative estimate of drug-likeness (QED) is 0.847. The molecule has 0 amide bonds. The van der Waals surface area contributed by atoms with E-state index < -0.39 is 12.6 Å². The maximum atomic E-state index is 12.0. The Balaban J connectivity index is 2.59. The van der Waals surface area contributed by atoms with Gasteiger partial charge in [0.25, 0.3) is 0 Å². The van der Waals surface area contributed by atoms with E-state index in [9.17, 15) is 13.2 Å². The molecule has 0 bridgehead atoms. The summed E-state index contributed by atoms with van der Waals surface area (Å²) in [5.74, 6) is 0. The molecule has 17 heavy (non-hydrogen) atoms. The van der Waals surface area contributed by atoms with E-state index in [2.05, 4.69) is 0 Å². The van der Waals surface area contributed by atoms with Crippen molar-refractivity contribution in [2.45, 2.75) is 19.1 Å². The fraction of sp³-hybridized carbons (Fsp3) is 0.455. The first-order valence-electron chi connectivity index (χ1n) is 5.08. The van der Waals surface area contributed by atoms with Crippen LogP contribution in [0.2, 0.25) is 5.02 Å². The molecule has 0 heterocycles. The van der Waals surface area contributed by atoms with Crippen molar-refractivity contribution in [1.82, 2.24) is 4.90 Å². The molecule has 0 spiro atoms. The van der Waals surface area contributed by atoms with E-state index in [1.165, 1.54) is 0 Å². The summed E-state index contributed by atoms with van der Waals surface area (Å²) in [6, 6.07) is 5.06. The molecule has 1 aromatic rings. The van der Waals surface area contributed by atoms with Crippen LogP contribution in [0.5, 0.6) is 0 Å². The normalized spacial score (nSPS) is 12.1. The Morgan fingerprint density at radius 3 is 2.53 bits per heavy atom. The Morgan fingerprint density at radius 2 is 2.00 bits per heavy atom. The van der Waals surface area contributed by atoms with Gasteiger partial charge in [0, 0.05) is 29.4 Å². The van der Waals surface area contributed by atoms with Gasteiger partial charge in [-0.3, -0.25) is 0 Å². The first kappa shape index (κ1) is 14.1. The number of nitrogens with zero attached hydrogens (tertiary/aromatic N) is 1. The van der Waals surface area contributed by atoms with Gasteiger partial charge in [-0.1, -0.05) is 17.7 Å². The van der Waals surface area contributed by atoms with Crippen LogP contribution in [-0.4, -0.2) is 24.7 Å². The summed E-state index contributed by atoms with van der Waals surface area (Å²) in [6.07, 6.45) is -4.98. The zero-order chi connectivity index (χ0) is 13.1. The van der Waals surface area contributed by atoms with Crippen LogP contribution in [0.15, 0.2) is 18.2 Å². The molecule has 0 radical (unpaired) electrons. The minimum atomic E-state index is -4.14. The van der Waals surface area contributed by atoms with Gasteiger partial charge in [-0.05, 0) is 19.2 Å². The topological polar surface area (TPSA) is 29.3 Å². The minimum absolute atomic E-state index is 0.0752. The summed E-state index contributed by atoms with van der Waals surface area (Å²) in [4.78, 5) is 1.55. The third-order valence-electron chi connectivity index (χ3n) is 2.36. The standard InChI is InChI=1S/C11H14ClF3N2/c1-17(6-5-11(13,14)15)7-8-9(12)3-2-4-10(8)16/h2-4H,5-7,16H2,1H3. The third-order valence-corrected chi connectivity index (χ3v) is 2.71. The smallest absolute Gasteiger partial charge is 0.390 e. The van der Waals surface area contributed by atoms with E-state index >= 15 is 0 Å². The minimum Gasteiger partial charge on any atom is -0.398 e. The van der Waals surface area contributed by atoms with E-state index in [-0.39, 0.29) is 6.54 Å². The van der Waals surface area contributed by atoms with Crippen molar-refractivity contribution in [2.24, 2.45) is 0 Å². The van der Waals surface area contributed by atoms with Crippen molar-refractivity contribution in [3.05, 3.63) is 28.8 Å². The molecule has 0 aliphatic rings. The highest BCUT2D eigenvalue weighted by atomic mass is 35.5. The number of halogens is 4. The van der Waals surface area contributed by atoms with Gasteiger partial charge in [0.15, 0.2) is 0 Å². The van der Waals surface area contributed by atoms with Gasteiger partial charge in [0.2, 0.25) is 0 Å². The molecule has 0 aromatic heterocycles. The molecule has 0 atom stereocenters. The van der Waals surface area contributed by atoms with Crippen LogP contribution >= 0.6 is 11.6 Å². The molecule has 2 N–H and O–H groups in total. The van der Waals surface area contributed by atoms with Crippen LogP contribution in [0.25, 0.3) is 0 Å². The van der Waals surface area contributed by atoms with Crippen molar-refractivity contribution in [3.63, 3.8) is 0 Å². The highest BCUT2D eigenvalue weighted by molar-refractivity contribution is 6.31. The number of nitrogen functional groups attached to an aromatic ring is 1. The molecule has 6 heteroatoms. The molecule has 0 saturated heterocycles.